The Morgan fingerprint density at radius 1 is 1.05 bits per heavy atom. The number of hydrogen-bond donors (Lipinski definition) is 1. The number of aliphatic hydroxyl groups excluding tert-OH is 1. The molecule has 21 heavy (non-hydrogen) atoms. The molecule has 0 unspecified atom stereocenters. The fourth-order valence-corrected chi connectivity index (χ4v) is 2.29. The third kappa shape index (κ3) is 3.36. The second kappa shape index (κ2) is 6.04. The molecule has 0 bridgehead atoms. The van der Waals surface area contributed by atoms with Gasteiger partial charge in [-0.3, -0.25) is 0 Å². The highest BCUT2D eigenvalue weighted by Gasteiger charge is 2.14. The SMILES string of the molecule is Cc1cc(Oc2cc(C)c(Cl)c(C)c2)c([C@@H](C)O)cc1F. The summed E-state index contributed by atoms with van der Waals surface area (Å²) in [6, 6.07) is 6.54. The van der Waals surface area contributed by atoms with Gasteiger partial charge in [0.1, 0.15) is 17.3 Å². The maximum Gasteiger partial charge on any atom is 0.133 e. The predicted octanol–water partition coefficient (Wildman–Crippen LogP) is 5.25. The second-order valence-electron chi connectivity index (χ2n) is 5.29. The van der Waals surface area contributed by atoms with Crippen molar-refractivity contribution in [2.45, 2.75) is 33.8 Å². The van der Waals surface area contributed by atoms with Crippen LogP contribution in [0.4, 0.5) is 4.39 Å². The minimum Gasteiger partial charge on any atom is -0.457 e. The van der Waals surface area contributed by atoms with Crippen LogP contribution in [0.15, 0.2) is 24.3 Å². The van der Waals surface area contributed by atoms with Gasteiger partial charge in [-0.2, -0.15) is 0 Å². The molecular formula is C17H18ClFO2. The van der Waals surface area contributed by atoms with Crippen LogP contribution in [0.1, 0.15) is 35.3 Å². The molecule has 2 aromatic carbocycles. The highest BCUT2D eigenvalue weighted by molar-refractivity contribution is 6.32. The largest absolute Gasteiger partial charge is 0.457 e. The van der Waals surface area contributed by atoms with Gasteiger partial charge in [0.15, 0.2) is 0 Å². The molecule has 2 aromatic rings. The smallest absolute Gasteiger partial charge is 0.133 e. The van der Waals surface area contributed by atoms with Crippen molar-refractivity contribution in [2.75, 3.05) is 0 Å². The van der Waals surface area contributed by atoms with Crippen molar-refractivity contribution in [3.63, 3.8) is 0 Å². The normalized spacial score (nSPS) is 12.3. The van der Waals surface area contributed by atoms with Gasteiger partial charge in [-0.25, -0.2) is 4.39 Å². The summed E-state index contributed by atoms with van der Waals surface area (Å²) < 4.78 is 19.5. The number of ether oxygens (including phenoxy) is 1. The van der Waals surface area contributed by atoms with E-state index in [4.69, 9.17) is 16.3 Å². The van der Waals surface area contributed by atoms with Crippen LogP contribution in [0, 0.1) is 26.6 Å². The van der Waals surface area contributed by atoms with Crippen LogP contribution in [0.5, 0.6) is 11.5 Å². The van der Waals surface area contributed by atoms with Crippen LogP contribution in [0.2, 0.25) is 5.02 Å². The fourth-order valence-electron chi connectivity index (χ4n) is 2.18. The first kappa shape index (κ1) is 15.8. The number of aryl methyl sites for hydroxylation is 3. The Hall–Kier alpha value is -1.58. The molecule has 0 amide bonds. The molecule has 0 aliphatic carbocycles. The number of benzene rings is 2. The fraction of sp³-hybridized carbons (Fsp3) is 0.294. The van der Waals surface area contributed by atoms with Gasteiger partial charge in [-0.1, -0.05) is 11.6 Å². The van der Waals surface area contributed by atoms with E-state index in [1.165, 1.54) is 6.07 Å². The van der Waals surface area contributed by atoms with Crippen molar-refractivity contribution in [2.24, 2.45) is 0 Å². The Balaban J connectivity index is 2.46. The van der Waals surface area contributed by atoms with E-state index in [1.54, 1.807) is 19.9 Å². The van der Waals surface area contributed by atoms with E-state index in [2.05, 4.69) is 0 Å². The zero-order chi connectivity index (χ0) is 15.7. The summed E-state index contributed by atoms with van der Waals surface area (Å²) in [5.41, 5.74) is 2.70. The van der Waals surface area contributed by atoms with E-state index in [0.29, 0.717) is 27.6 Å². The van der Waals surface area contributed by atoms with E-state index in [1.807, 2.05) is 26.0 Å². The van der Waals surface area contributed by atoms with Gasteiger partial charge in [-0.15, -0.1) is 0 Å². The third-order valence-corrected chi connectivity index (χ3v) is 3.98. The van der Waals surface area contributed by atoms with Crippen LogP contribution in [-0.2, 0) is 0 Å². The van der Waals surface area contributed by atoms with Gasteiger partial charge in [0.25, 0.3) is 0 Å². The lowest BCUT2D eigenvalue weighted by molar-refractivity contribution is 0.195. The summed E-state index contributed by atoms with van der Waals surface area (Å²) in [6.07, 6.45) is -0.815. The molecule has 112 valence electrons. The van der Waals surface area contributed by atoms with E-state index in [0.717, 1.165) is 11.1 Å². The van der Waals surface area contributed by atoms with E-state index >= 15 is 0 Å². The summed E-state index contributed by atoms with van der Waals surface area (Å²) in [4.78, 5) is 0. The molecule has 0 spiro atoms. The van der Waals surface area contributed by atoms with E-state index in [-0.39, 0.29) is 5.82 Å². The average molecular weight is 309 g/mol. The Morgan fingerprint density at radius 2 is 1.62 bits per heavy atom. The Bertz CT molecular complexity index is 658. The quantitative estimate of drug-likeness (QED) is 0.839. The number of halogens is 2. The third-order valence-electron chi connectivity index (χ3n) is 3.38. The number of rotatable bonds is 3. The molecular weight excluding hydrogens is 291 g/mol. The highest BCUT2D eigenvalue weighted by atomic mass is 35.5. The van der Waals surface area contributed by atoms with E-state index < -0.39 is 6.10 Å². The molecule has 0 aliphatic rings. The molecule has 0 aromatic heterocycles. The van der Waals surface area contributed by atoms with Crippen molar-refractivity contribution in [3.05, 3.63) is 57.4 Å². The van der Waals surface area contributed by atoms with Crippen LogP contribution in [0.3, 0.4) is 0 Å². The minimum absolute atomic E-state index is 0.360. The van der Waals surface area contributed by atoms with Crippen LogP contribution in [-0.4, -0.2) is 5.11 Å². The molecule has 0 aliphatic heterocycles. The zero-order valence-corrected chi connectivity index (χ0v) is 13.3. The van der Waals surface area contributed by atoms with Crippen molar-refractivity contribution >= 4 is 11.6 Å². The summed E-state index contributed by atoms with van der Waals surface area (Å²) >= 11 is 6.14. The van der Waals surface area contributed by atoms with Gasteiger partial charge in [0.05, 0.1) is 6.10 Å². The van der Waals surface area contributed by atoms with Crippen LogP contribution >= 0.6 is 11.6 Å². The Labute approximate surface area is 129 Å². The van der Waals surface area contributed by atoms with Crippen molar-refractivity contribution in [1.82, 2.24) is 0 Å². The van der Waals surface area contributed by atoms with Crippen molar-refractivity contribution in [3.8, 4) is 11.5 Å². The molecule has 2 nitrogen and oxygen atoms in total. The first-order valence-corrected chi connectivity index (χ1v) is 7.10. The average Bonchev–Trinajstić information content (AvgIpc) is 2.39. The van der Waals surface area contributed by atoms with Gasteiger partial charge in [-0.05, 0) is 68.7 Å². The lowest BCUT2D eigenvalue weighted by atomic mass is 10.1. The molecule has 1 N–H and O–H groups in total. The monoisotopic (exact) mass is 308 g/mol. The molecule has 0 radical (unpaired) electrons. The molecule has 0 saturated carbocycles. The number of hydrogen-bond acceptors (Lipinski definition) is 2. The Morgan fingerprint density at radius 3 is 2.14 bits per heavy atom. The van der Waals surface area contributed by atoms with E-state index in [9.17, 15) is 9.50 Å². The molecule has 2 rings (SSSR count). The minimum atomic E-state index is -0.815. The molecule has 0 saturated heterocycles. The second-order valence-corrected chi connectivity index (χ2v) is 5.67. The predicted molar refractivity (Wildman–Crippen MR) is 82.8 cm³/mol. The summed E-state index contributed by atoms with van der Waals surface area (Å²) in [5, 5.41) is 10.5. The van der Waals surface area contributed by atoms with Gasteiger partial charge in [0, 0.05) is 10.6 Å². The maximum absolute atomic E-state index is 13.7. The molecule has 0 heterocycles. The molecule has 1 atom stereocenters. The number of aliphatic hydroxyl groups is 1. The standard InChI is InChI=1S/C17H18ClFO2/c1-9-7-16(14(12(4)20)8-15(9)19)21-13-5-10(2)17(18)11(3)6-13/h5-8,12,20H,1-4H3/t12-/m1/s1. The van der Waals surface area contributed by atoms with Gasteiger partial charge < -0.3 is 9.84 Å². The van der Waals surface area contributed by atoms with Crippen molar-refractivity contribution < 1.29 is 14.2 Å². The molecule has 0 fully saturated rings. The lowest BCUT2D eigenvalue weighted by Gasteiger charge is -2.16. The first-order valence-electron chi connectivity index (χ1n) is 6.72. The summed E-state index contributed by atoms with van der Waals surface area (Å²) in [7, 11) is 0. The van der Waals surface area contributed by atoms with Gasteiger partial charge >= 0.3 is 0 Å². The Kier molecular flexibility index (Phi) is 4.55. The van der Waals surface area contributed by atoms with Crippen LogP contribution in [0.25, 0.3) is 0 Å². The first-order chi connectivity index (χ1) is 9.79. The summed E-state index contributed by atoms with van der Waals surface area (Å²) in [5.74, 6) is 0.703. The lowest BCUT2D eigenvalue weighted by Crippen LogP contribution is -1.99. The zero-order valence-electron chi connectivity index (χ0n) is 12.5. The topological polar surface area (TPSA) is 29.5 Å². The molecule has 4 heteroatoms. The highest BCUT2D eigenvalue weighted by Crippen LogP contribution is 2.34. The van der Waals surface area contributed by atoms with Crippen molar-refractivity contribution in [1.29, 1.82) is 0 Å². The van der Waals surface area contributed by atoms with Gasteiger partial charge in [0.2, 0.25) is 0 Å². The summed E-state index contributed by atoms with van der Waals surface area (Å²) in [6.45, 7) is 7.03. The van der Waals surface area contributed by atoms with Crippen LogP contribution < -0.4 is 4.74 Å². The maximum atomic E-state index is 13.7.